The van der Waals surface area contributed by atoms with Crippen LogP contribution in [0.1, 0.15) is 36.0 Å². The normalized spacial score (nSPS) is 55.6. The van der Waals surface area contributed by atoms with E-state index in [2.05, 4.69) is 25.9 Å². The van der Waals surface area contributed by atoms with Gasteiger partial charge in [-0.2, -0.15) is 0 Å². The van der Waals surface area contributed by atoms with E-state index >= 15 is 0 Å². The molecule has 1 saturated heterocycles. The molecule has 0 N–H and O–H groups in total. The molecular weight excluding hydrogens is 242 g/mol. The number of piperidine rings is 1. The molecule has 2 rings (SSSR count). The van der Waals surface area contributed by atoms with Gasteiger partial charge in [-0.1, -0.05) is 6.85 Å². The number of aromatic nitrogens is 2. The Kier molecular flexibility index (Phi) is 0.893. The Morgan fingerprint density at radius 2 is 2.64 bits per heavy atom. The smallest absolute Gasteiger partial charge is 0.147 e. The first kappa shape index (κ1) is 2.94. The van der Waals surface area contributed by atoms with Crippen LogP contribution in [0.4, 0.5) is 5.82 Å². The maximum absolute atomic E-state index is 8.21. The predicted octanol–water partition coefficient (Wildman–Crippen LogP) is 2.48. The molecule has 0 spiro atoms. The number of hydrogen-bond acceptors (Lipinski definition) is 3. The van der Waals surface area contributed by atoms with Crippen molar-refractivity contribution in [2.75, 3.05) is 17.9 Å². The van der Waals surface area contributed by atoms with Crippen LogP contribution in [0.25, 0.3) is 0 Å². The minimum atomic E-state index is -3.72. The molecule has 1 fully saturated rings. The van der Waals surface area contributed by atoms with Crippen molar-refractivity contribution < 1.29 is 16.4 Å². The molecule has 0 bridgehead atoms. The highest BCUT2D eigenvalue weighted by Gasteiger charge is 2.17. The summed E-state index contributed by atoms with van der Waals surface area (Å²) in [5, 5.41) is 0. The third-order valence-corrected chi connectivity index (χ3v) is 1.82. The fourth-order valence-electron chi connectivity index (χ4n) is 0.850. The van der Waals surface area contributed by atoms with Crippen molar-refractivity contribution in [1.82, 2.24) is 9.97 Å². The number of rotatable bonds is 1. The summed E-state index contributed by atoms with van der Waals surface area (Å²) in [4.78, 5) is 7.52. The van der Waals surface area contributed by atoms with Gasteiger partial charge >= 0.3 is 0 Å². The van der Waals surface area contributed by atoms with E-state index in [-0.39, 0.29) is 9.50 Å². The monoisotopic (exact) mass is 267 g/mol. The van der Waals surface area contributed by atoms with Gasteiger partial charge in [-0.25, -0.2) is 9.97 Å². The molecule has 3 nitrogen and oxygen atoms in total. The summed E-state index contributed by atoms with van der Waals surface area (Å²) < 4.78 is 95.3. The summed E-state index contributed by atoms with van der Waals surface area (Å²) >= 11 is 2.98. The van der Waals surface area contributed by atoms with Gasteiger partial charge in [0, 0.05) is 29.4 Å². The van der Waals surface area contributed by atoms with Crippen LogP contribution in [0.15, 0.2) is 17.0 Å². The molecule has 1 aliphatic heterocycles. The summed E-state index contributed by atoms with van der Waals surface area (Å²) in [6.45, 7) is -10.5. The Hall–Kier alpha value is -0.640. The first-order chi connectivity index (χ1) is 11.4. The van der Waals surface area contributed by atoms with Crippen molar-refractivity contribution in [3.63, 3.8) is 0 Å². The molecule has 14 heavy (non-hydrogen) atoms. The van der Waals surface area contributed by atoms with Crippen LogP contribution in [0.2, 0.25) is 0 Å². The van der Waals surface area contributed by atoms with Crippen LogP contribution in [0.5, 0.6) is 0 Å². The molecule has 4 heteroatoms. The Balaban J connectivity index is 2.90. The van der Waals surface area contributed by atoms with Gasteiger partial charge in [0.15, 0.2) is 0 Å². The Labute approximate surface area is 110 Å². The molecule has 1 aliphatic rings. The average Bonchev–Trinajstić information content (AvgIpc) is 2.45. The molecule has 1 aromatic rings. The second kappa shape index (κ2) is 4.26. The summed E-state index contributed by atoms with van der Waals surface area (Å²) in [6, 6.07) is 0. The molecule has 0 aliphatic carbocycles. The lowest BCUT2D eigenvalue weighted by atomic mass is 10.0. The molecule has 2 heterocycles. The topological polar surface area (TPSA) is 29.0 Å². The van der Waals surface area contributed by atoms with Crippen molar-refractivity contribution in [2.45, 2.75) is 19.6 Å². The molecule has 1 unspecified atom stereocenters. The zero-order valence-corrected chi connectivity index (χ0v) is 8.46. The minimum Gasteiger partial charge on any atom is -0.355 e. The third-order valence-electron chi connectivity index (χ3n) is 1.41. The van der Waals surface area contributed by atoms with Gasteiger partial charge in [0.1, 0.15) is 10.4 Å². The quantitative estimate of drug-likeness (QED) is 0.783. The van der Waals surface area contributed by atoms with Gasteiger partial charge in [0.05, 0.1) is 12.4 Å². The van der Waals surface area contributed by atoms with E-state index in [4.69, 9.17) is 16.4 Å². The first-order valence-electron chi connectivity index (χ1n) is 9.65. The summed E-state index contributed by atoms with van der Waals surface area (Å²) in [7, 11) is 0. The van der Waals surface area contributed by atoms with Crippen LogP contribution in [-0.4, -0.2) is 23.0 Å². The fraction of sp³-hybridized carbons (Fsp3) is 0.600. The van der Waals surface area contributed by atoms with Crippen molar-refractivity contribution in [3.05, 3.63) is 17.0 Å². The zero-order valence-electron chi connectivity index (χ0n) is 18.9. The van der Waals surface area contributed by atoms with E-state index in [9.17, 15) is 0 Å². The lowest BCUT2D eigenvalue weighted by Crippen LogP contribution is -2.34. The van der Waals surface area contributed by atoms with Gasteiger partial charge in [0.2, 0.25) is 0 Å². The SMILES string of the molecule is [2H]C([2H])([2H])C1([2H])C([2H])([2H])N(c2cnc(Br)cn2)C([2H])([2H])C([2H])([2H])C1([2H])[2H]. The molecule has 0 amide bonds. The Bertz CT molecular complexity index is 702. The molecule has 1 atom stereocenters. The summed E-state index contributed by atoms with van der Waals surface area (Å²) in [5.74, 6) is -4.26. The van der Waals surface area contributed by atoms with Gasteiger partial charge in [0.25, 0.3) is 0 Å². The van der Waals surface area contributed by atoms with Crippen molar-refractivity contribution in [2.24, 2.45) is 5.89 Å². The predicted molar refractivity (Wildman–Crippen MR) is 60.3 cm³/mol. The largest absolute Gasteiger partial charge is 0.355 e. The van der Waals surface area contributed by atoms with Crippen molar-refractivity contribution >= 4 is 21.7 Å². The number of nitrogens with zero attached hydrogens (tertiary/aromatic N) is 3. The standard InChI is InChI=1S/C10H14BrN3/c1-8-3-2-4-14(7-8)10-6-12-9(11)5-13-10/h5-6,8H,2-4,7H2,1H3/i1D3,2D2,3D2,4D2,7D2,8D. The fourth-order valence-corrected chi connectivity index (χ4v) is 1.05. The first-order valence-corrected chi connectivity index (χ1v) is 4.44. The molecule has 0 aromatic carbocycles. The van der Waals surface area contributed by atoms with Crippen LogP contribution < -0.4 is 4.90 Å². The van der Waals surface area contributed by atoms with E-state index in [1.807, 2.05) is 0 Å². The van der Waals surface area contributed by atoms with Gasteiger partial charge < -0.3 is 4.90 Å². The van der Waals surface area contributed by atoms with E-state index in [1.165, 1.54) is 0 Å². The molecule has 1 aromatic heterocycles. The lowest BCUT2D eigenvalue weighted by Gasteiger charge is -2.31. The zero-order chi connectivity index (χ0) is 20.6. The van der Waals surface area contributed by atoms with E-state index in [1.54, 1.807) is 0 Å². The molecule has 76 valence electrons. The van der Waals surface area contributed by atoms with Crippen molar-refractivity contribution in [1.29, 1.82) is 0 Å². The number of hydrogen-bond donors (Lipinski definition) is 0. The van der Waals surface area contributed by atoms with Crippen molar-refractivity contribution in [3.8, 4) is 0 Å². The molecule has 0 saturated carbocycles. The van der Waals surface area contributed by atoms with Crippen LogP contribution in [-0.2, 0) is 0 Å². The highest BCUT2D eigenvalue weighted by atomic mass is 79.9. The minimum absolute atomic E-state index is 0.0418. The van der Waals surface area contributed by atoms with E-state index in [0.717, 1.165) is 12.4 Å². The Morgan fingerprint density at radius 1 is 1.71 bits per heavy atom. The summed E-state index contributed by atoms with van der Waals surface area (Å²) in [5.41, 5.74) is 0. The highest BCUT2D eigenvalue weighted by Crippen LogP contribution is 2.20. The second-order valence-electron chi connectivity index (χ2n) is 2.38. The lowest BCUT2D eigenvalue weighted by molar-refractivity contribution is 0.444. The van der Waals surface area contributed by atoms with Crippen LogP contribution in [0, 0.1) is 5.89 Å². The highest BCUT2D eigenvalue weighted by molar-refractivity contribution is 9.10. The van der Waals surface area contributed by atoms with E-state index in [0.29, 0.717) is 0 Å². The van der Waals surface area contributed by atoms with Gasteiger partial charge in [-0.15, -0.1) is 0 Å². The van der Waals surface area contributed by atoms with Crippen LogP contribution >= 0.6 is 15.9 Å². The second-order valence-corrected chi connectivity index (χ2v) is 3.19. The third kappa shape index (κ3) is 2.23. The number of anilines is 1. The summed E-state index contributed by atoms with van der Waals surface area (Å²) in [6.07, 6.45) is -5.38. The Morgan fingerprint density at radius 3 is 3.36 bits per heavy atom. The van der Waals surface area contributed by atoms with E-state index < -0.39 is 44.3 Å². The van der Waals surface area contributed by atoms with Crippen LogP contribution in [0.3, 0.4) is 0 Å². The van der Waals surface area contributed by atoms with Gasteiger partial charge in [-0.3, -0.25) is 0 Å². The molecule has 0 radical (unpaired) electrons. The average molecular weight is 268 g/mol. The molecular formula is C10H14BrN3. The maximum atomic E-state index is 8.21. The maximum Gasteiger partial charge on any atom is 0.147 e. The number of halogens is 1. The van der Waals surface area contributed by atoms with Gasteiger partial charge in [-0.05, 0) is 34.6 Å².